The van der Waals surface area contributed by atoms with Gasteiger partial charge in [0.2, 0.25) is 11.7 Å². The van der Waals surface area contributed by atoms with Gasteiger partial charge < -0.3 is 15.2 Å². The van der Waals surface area contributed by atoms with E-state index in [0.29, 0.717) is 23.4 Å². The zero-order valence-electron chi connectivity index (χ0n) is 14.5. The molecule has 3 aromatic rings. The summed E-state index contributed by atoms with van der Waals surface area (Å²) in [6.07, 6.45) is 0. The molecule has 2 N–H and O–H groups in total. The van der Waals surface area contributed by atoms with Crippen LogP contribution in [0.25, 0.3) is 11.4 Å². The lowest BCUT2D eigenvalue weighted by molar-refractivity contribution is 0.376. The summed E-state index contributed by atoms with van der Waals surface area (Å²) >= 11 is 5.34. The molecule has 5 nitrogen and oxygen atoms in total. The molecule has 0 atom stereocenters. The number of aromatic nitrogens is 2. The fraction of sp³-hybridized carbons (Fsp3) is 0.211. The first kappa shape index (κ1) is 17.1. The number of benzene rings is 2. The molecule has 0 amide bonds. The Morgan fingerprint density at radius 1 is 1.04 bits per heavy atom. The maximum absolute atomic E-state index is 5.34. The lowest BCUT2D eigenvalue weighted by Crippen LogP contribution is -2.28. The first-order valence-corrected chi connectivity index (χ1v) is 8.44. The van der Waals surface area contributed by atoms with Crippen molar-refractivity contribution in [1.82, 2.24) is 15.5 Å². The van der Waals surface area contributed by atoms with Gasteiger partial charge in [-0.2, -0.15) is 4.98 Å². The van der Waals surface area contributed by atoms with Crippen LogP contribution in [-0.4, -0.2) is 15.3 Å². The number of anilines is 1. The number of nitrogens with zero attached hydrogens (tertiary/aromatic N) is 2. The van der Waals surface area contributed by atoms with Crippen LogP contribution in [0.1, 0.15) is 22.6 Å². The summed E-state index contributed by atoms with van der Waals surface area (Å²) in [5.41, 5.74) is 5.42. The molecule has 1 aromatic heterocycles. The Hall–Kier alpha value is -2.73. The predicted molar refractivity (Wildman–Crippen MR) is 103 cm³/mol. The van der Waals surface area contributed by atoms with Crippen LogP contribution in [0.2, 0.25) is 0 Å². The summed E-state index contributed by atoms with van der Waals surface area (Å²) in [5.74, 6) is 1.06. The Balaban J connectivity index is 1.59. The van der Waals surface area contributed by atoms with Crippen molar-refractivity contribution in [2.24, 2.45) is 0 Å². The molecule has 3 rings (SSSR count). The van der Waals surface area contributed by atoms with E-state index in [2.05, 4.69) is 39.0 Å². The summed E-state index contributed by atoms with van der Waals surface area (Å²) in [7, 11) is 0. The van der Waals surface area contributed by atoms with Crippen molar-refractivity contribution in [2.45, 2.75) is 27.3 Å². The quantitative estimate of drug-likeness (QED) is 0.688. The molecule has 6 heteroatoms. The molecule has 0 unspecified atom stereocenters. The number of hydrogen-bond donors (Lipinski definition) is 2. The molecular weight excluding hydrogens is 332 g/mol. The molecule has 1 heterocycles. The third-order valence-electron chi connectivity index (χ3n) is 3.82. The van der Waals surface area contributed by atoms with E-state index in [9.17, 15) is 0 Å². The average Bonchev–Trinajstić information content (AvgIpc) is 3.06. The van der Waals surface area contributed by atoms with Gasteiger partial charge in [0, 0.05) is 11.3 Å². The summed E-state index contributed by atoms with van der Waals surface area (Å²) in [6, 6.07) is 14.2. The number of thiocarbonyl (C=S) groups is 1. The highest BCUT2D eigenvalue weighted by Gasteiger charge is 2.09. The molecule has 128 valence electrons. The Morgan fingerprint density at radius 3 is 2.52 bits per heavy atom. The van der Waals surface area contributed by atoms with E-state index in [0.717, 1.165) is 16.8 Å². The molecule has 0 spiro atoms. The van der Waals surface area contributed by atoms with Gasteiger partial charge in [-0.15, -0.1) is 0 Å². The Bertz CT molecular complexity index is 887. The van der Waals surface area contributed by atoms with E-state index in [1.165, 1.54) is 11.1 Å². The second-order valence-electron chi connectivity index (χ2n) is 6.00. The number of rotatable bonds is 4. The SMILES string of the molecule is Cc1ccc(-c2noc(CNC(=S)Nc3cc(C)ccc3C)n2)cc1. The highest BCUT2D eigenvalue weighted by molar-refractivity contribution is 7.80. The summed E-state index contributed by atoms with van der Waals surface area (Å²) < 4.78 is 5.28. The van der Waals surface area contributed by atoms with Crippen LogP contribution < -0.4 is 10.6 Å². The van der Waals surface area contributed by atoms with Gasteiger partial charge in [0.15, 0.2) is 5.11 Å². The fourth-order valence-electron chi connectivity index (χ4n) is 2.34. The number of aryl methyl sites for hydroxylation is 3. The van der Waals surface area contributed by atoms with Crippen LogP contribution in [0.5, 0.6) is 0 Å². The molecule has 0 fully saturated rings. The van der Waals surface area contributed by atoms with Gasteiger partial charge >= 0.3 is 0 Å². The summed E-state index contributed by atoms with van der Waals surface area (Å²) in [6.45, 7) is 6.50. The molecule has 0 radical (unpaired) electrons. The molecular formula is C19H20N4OS. The molecule has 0 bridgehead atoms. The first-order chi connectivity index (χ1) is 12.0. The first-order valence-electron chi connectivity index (χ1n) is 8.03. The van der Waals surface area contributed by atoms with Crippen molar-refractivity contribution < 1.29 is 4.52 Å². The molecule has 2 aromatic carbocycles. The standard InChI is InChI=1S/C19H20N4OS/c1-12-5-8-15(9-6-12)18-22-17(24-23-18)11-20-19(25)21-16-10-13(2)4-7-14(16)3/h4-10H,11H2,1-3H3,(H2,20,21,25). The number of hydrogen-bond acceptors (Lipinski definition) is 4. The van der Waals surface area contributed by atoms with E-state index >= 15 is 0 Å². The van der Waals surface area contributed by atoms with E-state index in [4.69, 9.17) is 16.7 Å². The minimum absolute atomic E-state index is 0.371. The molecule has 0 saturated heterocycles. The lowest BCUT2D eigenvalue weighted by atomic mass is 10.1. The summed E-state index contributed by atoms with van der Waals surface area (Å²) in [4.78, 5) is 4.39. The molecule has 0 aliphatic heterocycles. The second-order valence-corrected chi connectivity index (χ2v) is 6.41. The van der Waals surface area contributed by atoms with Crippen molar-refractivity contribution in [3.8, 4) is 11.4 Å². The Morgan fingerprint density at radius 2 is 1.76 bits per heavy atom. The van der Waals surface area contributed by atoms with Crippen LogP contribution in [0, 0.1) is 20.8 Å². The van der Waals surface area contributed by atoms with Crippen molar-refractivity contribution in [1.29, 1.82) is 0 Å². The van der Waals surface area contributed by atoms with Gasteiger partial charge in [0.05, 0.1) is 6.54 Å². The third-order valence-corrected chi connectivity index (χ3v) is 4.07. The Labute approximate surface area is 152 Å². The largest absolute Gasteiger partial charge is 0.353 e. The van der Waals surface area contributed by atoms with Crippen molar-refractivity contribution in [3.05, 3.63) is 65.0 Å². The monoisotopic (exact) mass is 352 g/mol. The third kappa shape index (κ3) is 4.42. The topological polar surface area (TPSA) is 63.0 Å². The van der Waals surface area contributed by atoms with Gasteiger partial charge in [0.1, 0.15) is 0 Å². The van der Waals surface area contributed by atoms with Crippen LogP contribution in [0.3, 0.4) is 0 Å². The van der Waals surface area contributed by atoms with Crippen LogP contribution >= 0.6 is 12.2 Å². The maximum atomic E-state index is 5.34. The predicted octanol–water partition coefficient (Wildman–Crippen LogP) is 4.15. The lowest BCUT2D eigenvalue weighted by Gasteiger charge is -2.12. The normalized spacial score (nSPS) is 10.5. The molecule has 0 saturated carbocycles. The van der Waals surface area contributed by atoms with Crippen molar-refractivity contribution in [3.63, 3.8) is 0 Å². The van der Waals surface area contributed by atoms with Crippen LogP contribution in [0.15, 0.2) is 47.0 Å². The molecule has 0 aliphatic rings. The van der Waals surface area contributed by atoms with Gasteiger partial charge in [-0.05, 0) is 50.2 Å². The van der Waals surface area contributed by atoms with E-state index < -0.39 is 0 Å². The zero-order valence-corrected chi connectivity index (χ0v) is 15.3. The second kappa shape index (κ2) is 7.44. The van der Waals surface area contributed by atoms with E-state index in [-0.39, 0.29) is 0 Å². The Kier molecular flexibility index (Phi) is 5.09. The van der Waals surface area contributed by atoms with Crippen LogP contribution in [0.4, 0.5) is 5.69 Å². The van der Waals surface area contributed by atoms with Crippen molar-refractivity contribution >= 4 is 23.0 Å². The molecule has 25 heavy (non-hydrogen) atoms. The zero-order chi connectivity index (χ0) is 17.8. The highest BCUT2D eigenvalue weighted by Crippen LogP contribution is 2.17. The van der Waals surface area contributed by atoms with Crippen LogP contribution in [-0.2, 0) is 6.54 Å². The molecule has 0 aliphatic carbocycles. The minimum Gasteiger partial charge on any atom is -0.353 e. The van der Waals surface area contributed by atoms with Gasteiger partial charge in [-0.25, -0.2) is 0 Å². The van der Waals surface area contributed by atoms with E-state index in [1.54, 1.807) is 0 Å². The van der Waals surface area contributed by atoms with Gasteiger partial charge in [0.25, 0.3) is 0 Å². The minimum atomic E-state index is 0.371. The van der Waals surface area contributed by atoms with Crippen molar-refractivity contribution in [2.75, 3.05) is 5.32 Å². The van der Waals surface area contributed by atoms with E-state index in [1.807, 2.05) is 45.0 Å². The smallest absolute Gasteiger partial charge is 0.246 e. The highest BCUT2D eigenvalue weighted by atomic mass is 32.1. The maximum Gasteiger partial charge on any atom is 0.246 e. The number of nitrogens with one attached hydrogen (secondary N) is 2. The summed E-state index contributed by atoms with van der Waals surface area (Å²) in [5, 5.41) is 10.8. The van der Waals surface area contributed by atoms with Gasteiger partial charge in [-0.1, -0.05) is 47.1 Å². The fourth-order valence-corrected chi connectivity index (χ4v) is 2.52. The van der Waals surface area contributed by atoms with Gasteiger partial charge in [-0.3, -0.25) is 0 Å². The average molecular weight is 352 g/mol.